The lowest BCUT2D eigenvalue weighted by atomic mass is 9.97. The number of piperidine rings is 1. The zero-order chi connectivity index (χ0) is 21.6. The van der Waals surface area contributed by atoms with E-state index in [1.54, 1.807) is 25.4 Å². The summed E-state index contributed by atoms with van der Waals surface area (Å²) in [5, 5.41) is 2.82. The lowest BCUT2D eigenvalue weighted by Crippen LogP contribution is -2.41. The number of nitrogens with zero attached hydrogens (tertiary/aromatic N) is 2. The molecule has 0 atom stereocenters. The first kappa shape index (κ1) is 22.1. The summed E-state index contributed by atoms with van der Waals surface area (Å²) < 4.78 is 50.3. The van der Waals surface area contributed by atoms with Gasteiger partial charge in [0, 0.05) is 32.3 Å². The number of hydrogen-bond acceptors (Lipinski definition) is 6. The molecule has 2 aromatic rings. The van der Waals surface area contributed by atoms with Gasteiger partial charge in [0.05, 0.1) is 11.5 Å². The molecule has 10 heteroatoms. The van der Waals surface area contributed by atoms with Gasteiger partial charge in [0.25, 0.3) is 0 Å². The highest BCUT2D eigenvalue weighted by molar-refractivity contribution is 7.89. The minimum atomic E-state index is -3.71. The molecule has 0 unspecified atom stereocenters. The van der Waals surface area contributed by atoms with Crippen LogP contribution in [0.5, 0.6) is 5.88 Å². The van der Waals surface area contributed by atoms with E-state index >= 15 is 0 Å². The van der Waals surface area contributed by atoms with Crippen LogP contribution in [0.25, 0.3) is 0 Å². The first-order valence-corrected chi connectivity index (χ1v) is 11.0. The Labute approximate surface area is 175 Å². The highest BCUT2D eigenvalue weighted by atomic mass is 32.2. The van der Waals surface area contributed by atoms with Crippen molar-refractivity contribution in [1.29, 1.82) is 0 Å². The van der Waals surface area contributed by atoms with Crippen molar-refractivity contribution in [2.45, 2.75) is 17.7 Å². The lowest BCUT2D eigenvalue weighted by molar-refractivity contribution is -0.120. The average Bonchev–Trinajstić information content (AvgIpc) is 2.75. The molecule has 1 fully saturated rings. The molecule has 0 radical (unpaired) electrons. The van der Waals surface area contributed by atoms with Crippen molar-refractivity contribution in [3.05, 3.63) is 48.4 Å². The standard InChI is InChI=1S/C20H24FN3O5S/c1-28-13-14-29-20-18(3-2-10-22-20)23-19(25)15-8-11-24(12-9-15)30(26,27)17-6-4-16(21)5-7-17/h2-7,10,15H,8-9,11-14H2,1H3,(H,23,25). The second kappa shape index (κ2) is 9.96. The van der Waals surface area contributed by atoms with E-state index in [0.717, 1.165) is 12.1 Å². The van der Waals surface area contributed by atoms with Gasteiger partial charge in [0.2, 0.25) is 21.8 Å². The zero-order valence-corrected chi connectivity index (χ0v) is 17.4. The second-order valence-electron chi connectivity index (χ2n) is 6.82. The summed E-state index contributed by atoms with van der Waals surface area (Å²) in [6, 6.07) is 8.12. The molecule has 1 N–H and O–H groups in total. The number of pyridine rings is 1. The van der Waals surface area contributed by atoms with Crippen molar-refractivity contribution in [3.63, 3.8) is 0 Å². The van der Waals surface area contributed by atoms with Crippen molar-refractivity contribution < 1.29 is 27.1 Å². The third kappa shape index (κ3) is 5.32. The maximum Gasteiger partial charge on any atom is 0.243 e. The molecule has 8 nitrogen and oxygen atoms in total. The minimum absolute atomic E-state index is 0.0417. The molecule has 0 spiro atoms. The third-order valence-corrected chi connectivity index (χ3v) is 6.74. The Bertz CT molecular complexity index is 961. The molecule has 1 saturated heterocycles. The van der Waals surface area contributed by atoms with Gasteiger partial charge in [-0.25, -0.2) is 17.8 Å². The van der Waals surface area contributed by atoms with E-state index in [0.29, 0.717) is 37.6 Å². The normalized spacial score (nSPS) is 15.7. The highest BCUT2D eigenvalue weighted by Crippen LogP contribution is 2.27. The SMILES string of the molecule is COCCOc1ncccc1NC(=O)C1CCN(S(=O)(=O)c2ccc(F)cc2)CC1. The van der Waals surface area contributed by atoms with E-state index < -0.39 is 15.8 Å². The van der Waals surface area contributed by atoms with Crippen LogP contribution in [-0.4, -0.2) is 57.0 Å². The van der Waals surface area contributed by atoms with Crippen LogP contribution in [0.1, 0.15) is 12.8 Å². The molecule has 2 heterocycles. The quantitative estimate of drug-likeness (QED) is 0.637. The Kier molecular flexibility index (Phi) is 7.35. The van der Waals surface area contributed by atoms with Gasteiger partial charge in [0.15, 0.2) is 0 Å². The van der Waals surface area contributed by atoms with E-state index in [9.17, 15) is 17.6 Å². The molecular weight excluding hydrogens is 413 g/mol. The number of carbonyl (C=O) groups excluding carboxylic acids is 1. The number of aromatic nitrogens is 1. The highest BCUT2D eigenvalue weighted by Gasteiger charge is 2.32. The number of carbonyl (C=O) groups is 1. The van der Waals surface area contributed by atoms with Crippen molar-refractivity contribution in [1.82, 2.24) is 9.29 Å². The van der Waals surface area contributed by atoms with Crippen molar-refractivity contribution in [3.8, 4) is 5.88 Å². The van der Waals surface area contributed by atoms with Crippen molar-refractivity contribution in [2.75, 3.05) is 38.7 Å². The van der Waals surface area contributed by atoms with Gasteiger partial charge in [0.1, 0.15) is 18.1 Å². The van der Waals surface area contributed by atoms with Gasteiger partial charge in [-0.05, 0) is 49.2 Å². The number of ether oxygens (including phenoxy) is 2. The second-order valence-corrected chi connectivity index (χ2v) is 8.76. The number of rotatable bonds is 8. The van der Waals surface area contributed by atoms with Crippen LogP contribution in [0.15, 0.2) is 47.5 Å². The van der Waals surface area contributed by atoms with Crippen LogP contribution in [0.3, 0.4) is 0 Å². The number of methoxy groups -OCH3 is 1. The number of sulfonamides is 1. The fraction of sp³-hybridized carbons (Fsp3) is 0.400. The summed E-state index contributed by atoms with van der Waals surface area (Å²) in [6.45, 7) is 1.12. The van der Waals surface area contributed by atoms with Crippen LogP contribution in [0.2, 0.25) is 0 Å². The molecule has 1 aliphatic rings. The summed E-state index contributed by atoms with van der Waals surface area (Å²) in [6.07, 6.45) is 2.33. The van der Waals surface area contributed by atoms with Crippen molar-refractivity contribution >= 4 is 21.6 Å². The summed E-state index contributed by atoms with van der Waals surface area (Å²) in [5.74, 6) is -0.736. The molecule has 1 aliphatic heterocycles. The molecule has 3 rings (SSSR count). The molecule has 1 aromatic heterocycles. The minimum Gasteiger partial charge on any atom is -0.474 e. The Morgan fingerprint density at radius 1 is 1.20 bits per heavy atom. The Morgan fingerprint density at radius 2 is 1.90 bits per heavy atom. The fourth-order valence-electron chi connectivity index (χ4n) is 3.17. The van der Waals surface area contributed by atoms with Crippen LogP contribution in [-0.2, 0) is 19.6 Å². The topological polar surface area (TPSA) is 97.8 Å². The summed E-state index contributed by atoms with van der Waals surface area (Å²) in [5.41, 5.74) is 0.458. The predicted octanol–water partition coefficient (Wildman–Crippen LogP) is 2.29. The maximum absolute atomic E-state index is 13.1. The van der Waals surface area contributed by atoms with Gasteiger partial charge in [-0.15, -0.1) is 0 Å². The molecule has 1 amide bonds. The van der Waals surface area contributed by atoms with Gasteiger partial charge < -0.3 is 14.8 Å². The maximum atomic E-state index is 13.1. The number of nitrogens with one attached hydrogen (secondary N) is 1. The monoisotopic (exact) mass is 437 g/mol. The van der Waals surface area contributed by atoms with Gasteiger partial charge in [-0.2, -0.15) is 4.31 Å². The third-order valence-electron chi connectivity index (χ3n) is 4.83. The van der Waals surface area contributed by atoms with Gasteiger partial charge in [-0.3, -0.25) is 4.79 Å². The average molecular weight is 437 g/mol. The molecule has 0 bridgehead atoms. The predicted molar refractivity (Wildman–Crippen MR) is 108 cm³/mol. The van der Waals surface area contributed by atoms with Gasteiger partial charge >= 0.3 is 0 Å². The van der Waals surface area contributed by atoms with E-state index in [-0.39, 0.29) is 29.8 Å². The number of halogens is 1. The van der Waals surface area contributed by atoms with Crippen LogP contribution < -0.4 is 10.1 Å². The lowest BCUT2D eigenvalue weighted by Gasteiger charge is -2.30. The van der Waals surface area contributed by atoms with Crippen molar-refractivity contribution in [2.24, 2.45) is 5.92 Å². The fourth-order valence-corrected chi connectivity index (χ4v) is 4.64. The number of anilines is 1. The largest absolute Gasteiger partial charge is 0.474 e. The van der Waals surface area contributed by atoms with Gasteiger partial charge in [-0.1, -0.05) is 0 Å². The Morgan fingerprint density at radius 3 is 2.57 bits per heavy atom. The summed E-state index contributed by atoms with van der Waals surface area (Å²) in [7, 11) is -2.15. The molecule has 0 saturated carbocycles. The molecule has 1 aromatic carbocycles. The number of hydrogen-bond donors (Lipinski definition) is 1. The smallest absolute Gasteiger partial charge is 0.243 e. The van der Waals surface area contributed by atoms with E-state index in [1.807, 2.05) is 0 Å². The number of amides is 1. The van der Waals surface area contributed by atoms with E-state index in [4.69, 9.17) is 9.47 Å². The van der Waals surface area contributed by atoms with Crippen LogP contribution >= 0.6 is 0 Å². The molecule has 162 valence electrons. The molecule has 30 heavy (non-hydrogen) atoms. The van der Waals surface area contributed by atoms with Crippen LogP contribution in [0, 0.1) is 11.7 Å². The number of benzene rings is 1. The van der Waals surface area contributed by atoms with Crippen LogP contribution in [0.4, 0.5) is 10.1 Å². The summed E-state index contributed by atoms with van der Waals surface area (Å²) in [4.78, 5) is 16.9. The molecular formula is C20H24FN3O5S. The first-order valence-electron chi connectivity index (χ1n) is 9.55. The first-order chi connectivity index (χ1) is 14.4. The molecule has 0 aliphatic carbocycles. The Hall–Kier alpha value is -2.56. The zero-order valence-electron chi connectivity index (χ0n) is 16.6. The van der Waals surface area contributed by atoms with E-state index in [2.05, 4.69) is 10.3 Å². The summed E-state index contributed by atoms with van der Waals surface area (Å²) >= 11 is 0. The van der Waals surface area contributed by atoms with E-state index in [1.165, 1.54) is 16.4 Å². The Balaban J connectivity index is 1.59.